The minimum Gasteiger partial charge on any atom is -0.465 e. The molecule has 108 valence electrons. The van der Waals surface area contributed by atoms with Crippen LogP contribution < -0.4 is 5.32 Å². The lowest BCUT2D eigenvalue weighted by Crippen LogP contribution is -2.51. The van der Waals surface area contributed by atoms with Crippen LogP contribution in [0.4, 0.5) is 0 Å². The van der Waals surface area contributed by atoms with Crippen molar-refractivity contribution in [2.75, 3.05) is 13.6 Å². The molecule has 0 spiro atoms. The Morgan fingerprint density at radius 1 is 1.32 bits per heavy atom. The van der Waals surface area contributed by atoms with E-state index < -0.39 is 0 Å². The standard InChI is InChI=1S/C16H28N2O/c1-12-6-8-14(19-12)11-18(5)15-9-7-13(15)10-17-16(2,3)4/h6,8,13,15,17H,7,9-11H2,1-5H3. The van der Waals surface area contributed by atoms with Gasteiger partial charge in [-0.25, -0.2) is 0 Å². The minimum atomic E-state index is 0.219. The maximum Gasteiger partial charge on any atom is 0.118 e. The van der Waals surface area contributed by atoms with Gasteiger partial charge in [-0.2, -0.15) is 0 Å². The van der Waals surface area contributed by atoms with Gasteiger partial charge < -0.3 is 9.73 Å². The van der Waals surface area contributed by atoms with E-state index in [1.54, 1.807) is 0 Å². The summed E-state index contributed by atoms with van der Waals surface area (Å²) in [6.45, 7) is 10.7. The molecule has 1 heterocycles. The van der Waals surface area contributed by atoms with E-state index in [1.165, 1.54) is 12.8 Å². The molecule has 1 saturated carbocycles. The van der Waals surface area contributed by atoms with Gasteiger partial charge in [0.2, 0.25) is 0 Å². The van der Waals surface area contributed by atoms with E-state index in [1.807, 2.05) is 13.0 Å². The third-order valence-corrected chi connectivity index (χ3v) is 4.04. The molecule has 0 saturated heterocycles. The van der Waals surface area contributed by atoms with E-state index in [0.29, 0.717) is 6.04 Å². The topological polar surface area (TPSA) is 28.4 Å². The Bertz CT molecular complexity index is 405. The SMILES string of the molecule is Cc1ccc(CN(C)C2CCC2CNC(C)(C)C)o1. The summed E-state index contributed by atoms with van der Waals surface area (Å²) in [5.41, 5.74) is 0.219. The van der Waals surface area contributed by atoms with Crippen LogP contribution >= 0.6 is 0 Å². The summed E-state index contributed by atoms with van der Waals surface area (Å²) in [6.07, 6.45) is 2.65. The summed E-state index contributed by atoms with van der Waals surface area (Å²) in [7, 11) is 2.21. The highest BCUT2D eigenvalue weighted by atomic mass is 16.3. The van der Waals surface area contributed by atoms with Crippen LogP contribution in [0.25, 0.3) is 0 Å². The van der Waals surface area contributed by atoms with Crippen LogP contribution in [0.5, 0.6) is 0 Å². The summed E-state index contributed by atoms with van der Waals surface area (Å²) in [4.78, 5) is 2.44. The fraction of sp³-hybridized carbons (Fsp3) is 0.750. The fourth-order valence-electron chi connectivity index (χ4n) is 2.74. The lowest BCUT2D eigenvalue weighted by molar-refractivity contribution is 0.0686. The maximum absolute atomic E-state index is 5.67. The van der Waals surface area contributed by atoms with Gasteiger partial charge in [0, 0.05) is 11.6 Å². The average molecular weight is 264 g/mol. The molecular weight excluding hydrogens is 236 g/mol. The van der Waals surface area contributed by atoms with Gasteiger partial charge in [-0.15, -0.1) is 0 Å². The van der Waals surface area contributed by atoms with Crippen molar-refractivity contribution in [3.05, 3.63) is 23.7 Å². The first-order valence-corrected chi connectivity index (χ1v) is 7.36. The van der Waals surface area contributed by atoms with Gasteiger partial charge in [-0.1, -0.05) is 0 Å². The number of nitrogens with zero attached hydrogens (tertiary/aromatic N) is 1. The third kappa shape index (κ3) is 4.08. The van der Waals surface area contributed by atoms with Gasteiger partial charge in [0.05, 0.1) is 6.54 Å². The number of hydrogen-bond acceptors (Lipinski definition) is 3. The smallest absolute Gasteiger partial charge is 0.118 e. The maximum atomic E-state index is 5.67. The van der Waals surface area contributed by atoms with Crippen LogP contribution in [0.15, 0.2) is 16.5 Å². The Labute approximate surface area is 117 Å². The number of nitrogens with one attached hydrogen (secondary N) is 1. The van der Waals surface area contributed by atoms with E-state index in [4.69, 9.17) is 4.42 Å². The van der Waals surface area contributed by atoms with Crippen LogP contribution in [0.1, 0.15) is 45.1 Å². The monoisotopic (exact) mass is 264 g/mol. The largest absolute Gasteiger partial charge is 0.465 e. The van der Waals surface area contributed by atoms with Crippen molar-refractivity contribution >= 4 is 0 Å². The molecule has 0 bridgehead atoms. The zero-order valence-corrected chi connectivity index (χ0v) is 13.0. The van der Waals surface area contributed by atoms with Crippen molar-refractivity contribution < 1.29 is 4.42 Å². The Balaban J connectivity index is 1.81. The van der Waals surface area contributed by atoms with Crippen LogP contribution in [-0.2, 0) is 6.54 Å². The summed E-state index contributed by atoms with van der Waals surface area (Å²) in [6, 6.07) is 4.83. The first-order chi connectivity index (χ1) is 8.85. The van der Waals surface area contributed by atoms with E-state index in [0.717, 1.165) is 30.5 Å². The van der Waals surface area contributed by atoms with Gasteiger partial charge in [-0.05, 0) is 72.2 Å². The van der Waals surface area contributed by atoms with Crippen molar-refractivity contribution in [3.63, 3.8) is 0 Å². The molecule has 3 nitrogen and oxygen atoms in total. The summed E-state index contributed by atoms with van der Waals surface area (Å²) >= 11 is 0. The Morgan fingerprint density at radius 3 is 2.53 bits per heavy atom. The van der Waals surface area contributed by atoms with Crippen molar-refractivity contribution in [1.82, 2.24) is 10.2 Å². The molecule has 1 N–H and O–H groups in total. The highest BCUT2D eigenvalue weighted by Crippen LogP contribution is 2.32. The van der Waals surface area contributed by atoms with Gasteiger partial charge in [0.15, 0.2) is 0 Å². The van der Waals surface area contributed by atoms with E-state index in [9.17, 15) is 0 Å². The lowest BCUT2D eigenvalue weighted by atomic mass is 9.78. The first-order valence-electron chi connectivity index (χ1n) is 7.36. The molecule has 2 rings (SSSR count). The molecule has 1 aliphatic rings. The molecule has 19 heavy (non-hydrogen) atoms. The third-order valence-electron chi connectivity index (χ3n) is 4.04. The average Bonchev–Trinajstić information content (AvgIpc) is 2.60. The van der Waals surface area contributed by atoms with Crippen LogP contribution in [0, 0.1) is 12.8 Å². The van der Waals surface area contributed by atoms with E-state index >= 15 is 0 Å². The minimum absolute atomic E-state index is 0.219. The van der Waals surface area contributed by atoms with Gasteiger partial charge in [-0.3, -0.25) is 4.90 Å². The molecule has 0 radical (unpaired) electrons. The molecule has 1 aromatic heterocycles. The Kier molecular flexibility index (Phi) is 4.36. The molecule has 1 aliphatic carbocycles. The van der Waals surface area contributed by atoms with Crippen molar-refractivity contribution in [1.29, 1.82) is 0 Å². The van der Waals surface area contributed by atoms with Gasteiger partial charge in [0.25, 0.3) is 0 Å². The second kappa shape index (κ2) is 5.68. The molecule has 2 atom stereocenters. The number of hydrogen-bond donors (Lipinski definition) is 1. The lowest BCUT2D eigenvalue weighted by Gasteiger charge is -2.43. The number of rotatable bonds is 5. The normalized spacial score (nSPS) is 23.7. The molecular formula is C16H28N2O. The highest BCUT2D eigenvalue weighted by molar-refractivity contribution is 5.06. The second-order valence-electron chi connectivity index (χ2n) is 6.96. The van der Waals surface area contributed by atoms with E-state index in [-0.39, 0.29) is 5.54 Å². The highest BCUT2D eigenvalue weighted by Gasteiger charge is 2.34. The predicted octanol–water partition coefficient (Wildman–Crippen LogP) is 3.19. The molecule has 1 fully saturated rings. The van der Waals surface area contributed by atoms with Crippen LogP contribution in [0.3, 0.4) is 0 Å². The van der Waals surface area contributed by atoms with E-state index in [2.05, 4.69) is 44.1 Å². The zero-order chi connectivity index (χ0) is 14.0. The summed E-state index contributed by atoms with van der Waals surface area (Å²) in [5, 5.41) is 3.63. The van der Waals surface area contributed by atoms with Gasteiger partial charge >= 0.3 is 0 Å². The second-order valence-corrected chi connectivity index (χ2v) is 6.96. The number of furan rings is 1. The predicted molar refractivity (Wildman–Crippen MR) is 79.2 cm³/mol. The molecule has 2 unspecified atom stereocenters. The zero-order valence-electron chi connectivity index (χ0n) is 13.0. The van der Waals surface area contributed by atoms with Crippen LogP contribution in [-0.4, -0.2) is 30.1 Å². The molecule has 0 aliphatic heterocycles. The first kappa shape index (κ1) is 14.6. The molecule has 0 amide bonds. The quantitative estimate of drug-likeness (QED) is 0.885. The van der Waals surface area contributed by atoms with Gasteiger partial charge in [0.1, 0.15) is 11.5 Å². The summed E-state index contributed by atoms with van der Waals surface area (Å²) in [5.74, 6) is 2.86. The molecule has 1 aromatic rings. The fourth-order valence-corrected chi connectivity index (χ4v) is 2.74. The molecule has 0 aromatic carbocycles. The Morgan fingerprint density at radius 2 is 2.05 bits per heavy atom. The number of aryl methyl sites for hydroxylation is 1. The Hall–Kier alpha value is -0.800. The van der Waals surface area contributed by atoms with Crippen molar-refractivity contribution in [3.8, 4) is 0 Å². The molecule has 3 heteroatoms. The van der Waals surface area contributed by atoms with Crippen molar-refractivity contribution in [2.24, 2.45) is 5.92 Å². The summed E-state index contributed by atoms with van der Waals surface area (Å²) < 4.78 is 5.67. The van der Waals surface area contributed by atoms with Crippen molar-refractivity contribution in [2.45, 2.75) is 58.7 Å². The van der Waals surface area contributed by atoms with Crippen LogP contribution in [0.2, 0.25) is 0 Å².